The second-order valence-corrected chi connectivity index (χ2v) is 8.27. The number of nitrogens with zero attached hydrogens (tertiary/aromatic N) is 1. The number of aromatic amines is 1. The lowest BCUT2D eigenvalue weighted by atomic mass is 9.89. The Morgan fingerprint density at radius 2 is 1.66 bits per heavy atom. The van der Waals surface area contributed by atoms with Crippen molar-refractivity contribution in [3.05, 3.63) is 109 Å². The number of rotatable bonds is 8. The predicted molar refractivity (Wildman–Crippen MR) is 135 cm³/mol. The van der Waals surface area contributed by atoms with Gasteiger partial charge in [-0.3, -0.25) is 4.98 Å². The number of pyridine rings is 1. The van der Waals surface area contributed by atoms with Crippen LogP contribution in [0.15, 0.2) is 103 Å². The van der Waals surface area contributed by atoms with Crippen LogP contribution < -0.4 is 10.6 Å². The van der Waals surface area contributed by atoms with Gasteiger partial charge in [0, 0.05) is 59.0 Å². The van der Waals surface area contributed by atoms with Crippen molar-refractivity contribution in [2.45, 2.75) is 25.2 Å². The molecule has 0 amide bonds. The van der Waals surface area contributed by atoms with Gasteiger partial charge in [0.05, 0.1) is 0 Å². The van der Waals surface area contributed by atoms with Crippen molar-refractivity contribution in [2.75, 3.05) is 17.2 Å². The van der Waals surface area contributed by atoms with Gasteiger partial charge in [0.1, 0.15) is 0 Å². The zero-order valence-electron chi connectivity index (χ0n) is 18.1. The lowest BCUT2D eigenvalue weighted by molar-refractivity contribution is 0.719. The normalized spacial score (nSPS) is 14.2. The first-order valence-electron chi connectivity index (χ1n) is 11.3. The van der Waals surface area contributed by atoms with Crippen molar-refractivity contribution in [2.24, 2.45) is 0 Å². The molecule has 2 aromatic heterocycles. The van der Waals surface area contributed by atoms with Crippen LogP contribution in [0.1, 0.15) is 30.7 Å². The summed E-state index contributed by atoms with van der Waals surface area (Å²) in [6.07, 6.45) is 16.1. The molecule has 1 atom stereocenters. The Labute approximate surface area is 189 Å². The standard InChI is InChI=1S/C28H28N4/c1-2-6-21(7-3-1)18-22(27-20-31-28-9-5-4-8-26(27)28)19-30-23-10-12-24(13-11-23)32-25-14-16-29-17-15-25/h2,4-17,20,22,30-31H,1,3,18-19H2,(H,29,32). The number of nitrogens with one attached hydrogen (secondary N) is 3. The van der Waals surface area contributed by atoms with E-state index in [4.69, 9.17) is 0 Å². The Balaban J connectivity index is 1.31. The van der Waals surface area contributed by atoms with Crippen LogP contribution in [0.4, 0.5) is 17.1 Å². The molecule has 0 radical (unpaired) electrons. The molecule has 2 heterocycles. The van der Waals surface area contributed by atoms with E-state index in [2.05, 4.69) is 93.6 Å². The number of hydrogen-bond acceptors (Lipinski definition) is 3. The Morgan fingerprint density at radius 1 is 0.875 bits per heavy atom. The van der Waals surface area contributed by atoms with Crippen molar-refractivity contribution in [3.8, 4) is 0 Å². The highest BCUT2D eigenvalue weighted by atomic mass is 14.9. The van der Waals surface area contributed by atoms with E-state index in [0.717, 1.165) is 42.9 Å². The van der Waals surface area contributed by atoms with Gasteiger partial charge in [-0.2, -0.15) is 0 Å². The topological polar surface area (TPSA) is 52.7 Å². The van der Waals surface area contributed by atoms with E-state index in [9.17, 15) is 0 Å². The molecule has 0 aliphatic heterocycles. The molecule has 0 saturated carbocycles. The van der Waals surface area contributed by atoms with Gasteiger partial charge in [-0.1, -0.05) is 42.0 Å². The van der Waals surface area contributed by atoms with E-state index in [1.807, 2.05) is 12.1 Å². The van der Waals surface area contributed by atoms with Gasteiger partial charge in [-0.25, -0.2) is 0 Å². The minimum absolute atomic E-state index is 0.384. The molecule has 0 fully saturated rings. The summed E-state index contributed by atoms with van der Waals surface area (Å²) in [5, 5.41) is 8.40. The van der Waals surface area contributed by atoms with Crippen LogP contribution >= 0.6 is 0 Å². The first kappa shape index (κ1) is 20.1. The number of aromatic nitrogens is 2. The highest BCUT2D eigenvalue weighted by Gasteiger charge is 2.17. The van der Waals surface area contributed by atoms with Crippen LogP contribution in [0.3, 0.4) is 0 Å². The van der Waals surface area contributed by atoms with Crippen molar-refractivity contribution in [1.29, 1.82) is 0 Å². The van der Waals surface area contributed by atoms with E-state index in [1.165, 1.54) is 22.0 Å². The molecular weight excluding hydrogens is 392 g/mol. The number of H-pyrrole nitrogens is 1. The van der Waals surface area contributed by atoms with Crippen LogP contribution in [0.25, 0.3) is 10.9 Å². The fraction of sp³-hybridized carbons (Fsp3) is 0.179. The van der Waals surface area contributed by atoms with E-state index in [0.29, 0.717) is 5.92 Å². The molecule has 4 heteroatoms. The van der Waals surface area contributed by atoms with E-state index in [1.54, 1.807) is 12.4 Å². The summed E-state index contributed by atoms with van der Waals surface area (Å²) in [7, 11) is 0. The molecule has 4 nitrogen and oxygen atoms in total. The summed E-state index contributed by atoms with van der Waals surface area (Å²) >= 11 is 0. The molecule has 1 aliphatic rings. The Hall–Kier alpha value is -3.79. The Kier molecular flexibility index (Phi) is 6.02. The average Bonchev–Trinajstić information content (AvgIpc) is 3.28. The van der Waals surface area contributed by atoms with Crippen LogP contribution in [-0.4, -0.2) is 16.5 Å². The SMILES string of the molecule is C1=CC(CC(CNc2ccc(Nc3ccncc3)cc2)c2c[nH]c3ccccc23)=CCC1. The van der Waals surface area contributed by atoms with Crippen LogP contribution in [-0.2, 0) is 0 Å². The molecule has 160 valence electrons. The maximum absolute atomic E-state index is 4.06. The summed E-state index contributed by atoms with van der Waals surface area (Å²) in [5.41, 5.74) is 7.24. The van der Waals surface area contributed by atoms with Gasteiger partial charge in [-0.15, -0.1) is 0 Å². The zero-order valence-corrected chi connectivity index (χ0v) is 18.1. The molecule has 0 bridgehead atoms. The van der Waals surface area contributed by atoms with Gasteiger partial charge in [0.2, 0.25) is 0 Å². The van der Waals surface area contributed by atoms with E-state index < -0.39 is 0 Å². The number of benzene rings is 2. The van der Waals surface area contributed by atoms with E-state index in [-0.39, 0.29) is 0 Å². The van der Waals surface area contributed by atoms with Gasteiger partial charge in [0.15, 0.2) is 0 Å². The predicted octanol–water partition coefficient (Wildman–Crippen LogP) is 7.17. The van der Waals surface area contributed by atoms with Gasteiger partial charge < -0.3 is 15.6 Å². The molecule has 4 aromatic rings. The molecule has 0 spiro atoms. The van der Waals surface area contributed by atoms with Crippen LogP contribution in [0.5, 0.6) is 0 Å². The molecule has 3 N–H and O–H groups in total. The third-order valence-corrected chi connectivity index (χ3v) is 6.02. The largest absolute Gasteiger partial charge is 0.384 e. The molecule has 2 aromatic carbocycles. The van der Waals surface area contributed by atoms with Crippen LogP contribution in [0.2, 0.25) is 0 Å². The molecule has 1 unspecified atom stereocenters. The minimum Gasteiger partial charge on any atom is -0.384 e. The average molecular weight is 421 g/mol. The van der Waals surface area contributed by atoms with Crippen molar-refractivity contribution in [1.82, 2.24) is 9.97 Å². The van der Waals surface area contributed by atoms with Crippen molar-refractivity contribution < 1.29 is 0 Å². The Morgan fingerprint density at radius 3 is 2.47 bits per heavy atom. The third-order valence-electron chi connectivity index (χ3n) is 6.02. The van der Waals surface area contributed by atoms with Gasteiger partial charge in [-0.05, 0) is 67.3 Å². The number of hydrogen-bond donors (Lipinski definition) is 3. The van der Waals surface area contributed by atoms with Crippen LogP contribution in [0, 0.1) is 0 Å². The van der Waals surface area contributed by atoms with Gasteiger partial charge in [0.25, 0.3) is 0 Å². The maximum Gasteiger partial charge on any atom is 0.0456 e. The lowest BCUT2D eigenvalue weighted by Gasteiger charge is -2.20. The zero-order chi connectivity index (χ0) is 21.6. The summed E-state index contributed by atoms with van der Waals surface area (Å²) < 4.78 is 0. The highest BCUT2D eigenvalue weighted by molar-refractivity contribution is 5.83. The monoisotopic (exact) mass is 420 g/mol. The smallest absolute Gasteiger partial charge is 0.0456 e. The first-order valence-corrected chi connectivity index (χ1v) is 11.3. The number of allylic oxidation sites excluding steroid dienone is 4. The van der Waals surface area contributed by atoms with Gasteiger partial charge >= 0.3 is 0 Å². The van der Waals surface area contributed by atoms with Crippen molar-refractivity contribution in [3.63, 3.8) is 0 Å². The summed E-state index contributed by atoms with van der Waals surface area (Å²) in [6, 6.07) is 21.0. The fourth-order valence-corrected chi connectivity index (χ4v) is 4.34. The fourth-order valence-electron chi connectivity index (χ4n) is 4.34. The number of anilines is 3. The Bertz CT molecular complexity index is 1220. The van der Waals surface area contributed by atoms with E-state index >= 15 is 0 Å². The molecule has 32 heavy (non-hydrogen) atoms. The number of para-hydroxylation sites is 1. The minimum atomic E-state index is 0.384. The number of fused-ring (bicyclic) bond motifs is 1. The van der Waals surface area contributed by atoms with Crippen molar-refractivity contribution >= 4 is 28.0 Å². The summed E-state index contributed by atoms with van der Waals surface area (Å²) in [6.45, 7) is 0.879. The summed E-state index contributed by atoms with van der Waals surface area (Å²) in [4.78, 5) is 7.52. The molecular formula is C28H28N4. The second kappa shape index (κ2) is 9.56. The second-order valence-electron chi connectivity index (χ2n) is 8.27. The first-order chi connectivity index (χ1) is 15.8. The molecule has 5 rings (SSSR count). The quantitative estimate of drug-likeness (QED) is 0.283. The third kappa shape index (κ3) is 4.75. The maximum atomic E-state index is 4.06. The molecule has 0 saturated heterocycles. The highest BCUT2D eigenvalue weighted by Crippen LogP contribution is 2.32. The molecule has 1 aliphatic carbocycles. The lowest BCUT2D eigenvalue weighted by Crippen LogP contribution is -2.13. The summed E-state index contributed by atoms with van der Waals surface area (Å²) in [5.74, 6) is 0.384.